The maximum Gasteiger partial charge on any atom is 0.354 e. The van der Waals surface area contributed by atoms with Crippen LogP contribution in [-0.4, -0.2) is 41.3 Å². The second-order valence-electron chi connectivity index (χ2n) is 2.91. The van der Waals surface area contributed by atoms with Crippen LogP contribution in [0.15, 0.2) is 6.20 Å². The molecule has 0 atom stereocenters. The number of aromatic nitrogens is 6. The average Bonchev–Trinajstić information content (AvgIpc) is 2.78. The molecule has 78 valence electrons. The molecule has 8 nitrogen and oxygen atoms in total. The minimum Gasteiger partial charge on any atom is -0.477 e. The van der Waals surface area contributed by atoms with Gasteiger partial charge in [0.2, 0.25) is 0 Å². The van der Waals surface area contributed by atoms with Crippen molar-refractivity contribution in [1.29, 1.82) is 0 Å². The summed E-state index contributed by atoms with van der Waals surface area (Å²) in [5.41, 5.74) is 0.109. The lowest BCUT2D eigenvalue weighted by Gasteiger charge is -2.03. The minimum absolute atomic E-state index is 0.109. The van der Waals surface area contributed by atoms with Crippen LogP contribution in [0.3, 0.4) is 0 Å². The Balaban J connectivity index is 2.35. The molecule has 0 amide bonds. The van der Waals surface area contributed by atoms with Crippen LogP contribution in [0.4, 0.5) is 0 Å². The molecule has 0 fully saturated rings. The highest BCUT2D eigenvalue weighted by Gasteiger charge is 2.14. The molecular weight excluding hydrogens is 200 g/mol. The molecule has 0 spiro atoms. The SMILES string of the molecule is Cc1ncc(C(=O)O)n1Cc1nn[nH]n1. The van der Waals surface area contributed by atoms with Crippen molar-refractivity contribution < 1.29 is 9.90 Å². The van der Waals surface area contributed by atoms with Gasteiger partial charge in [-0.3, -0.25) is 0 Å². The first kappa shape index (κ1) is 9.31. The number of carboxylic acid groups (broad SMARTS) is 1. The van der Waals surface area contributed by atoms with Crippen LogP contribution in [0.1, 0.15) is 22.1 Å². The molecule has 0 unspecified atom stereocenters. The summed E-state index contributed by atoms with van der Waals surface area (Å²) in [7, 11) is 0. The highest BCUT2D eigenvalue weighted by Crippen LogP contribution is 2.06. The van der Waals surface area contributed by atoms with E-state index < -0.39 is 5.97 Å². The van der Waals surface area contributed by atoms with Crippen molar-refractivity contribution >= 4 is 5.97 Å². The fourth-order valence-corrected chi connectivity index (χ4v) is 1.23. The van der Waals surface area contributed by atoms with Crippen molar-refractivity contribution in [3.63, 3.8) is 0 Å². The van der Waals surface area contributed by atoms with E-state index in [1.807, 2.05) is 0 Å². The Morgan fingerprint density at radius 1 is 1.67 bits per heavy atom. The van der Waals surface area contributed by atoms with Crippen LogP contribution in [0, 0.1) is 6.92 Å². The molecule has 2 N–H and O–H groups in total. The Kier molecular flexibility index (Phi) is 2.16. The molecule has 15 heavy (non-hydrogen) atoms. The lowest BCUT2D eigenvalue weighted by molar-refractivity contribution is 0.0685. The molecule has 0 radical (unpaired) electrons. The number of nitrogens with one attached hydrogen (secondary N) is 1. The van der Waals surface area contributed by atoms with Crippen molar-refractivity contribution in [2.75, 3.05) is 0 Å². The topological polar surface area (TPSA) is 110 Å². The smallest absolute Gasteiger partial charge is 0.354 e. The van der Waals surface area contributed by atoms with Gasteiger partial charge in [-0.2, -0.15) is 5.21 Å². The first-order chi connectivity index (χ1) is 7.18. The Hall–Kier alpha value is -2.25. The Labute approximate surface area is 84.0 Å². The molecule has 0 aromatic carbocycles. The summed E-state index contributed by atoms with van der Waals surface area (Å²) in [6.07, 6.45) is 1.30. The van der Waals surface area contributed by atoms with Crippen molar-refractivity contribution in [3.8, 4) is 0 Å². The number of aromatic carboxylic acids is 1. The van der Waals surface area contributed by atoms with E-state index in [0.717, 1.165) is 0 Å². The third-order valence-electron chi connectivity index (χ3n) is 1.96. The molecule has 0 aliphatic rings. The van der Waals surface area contributed by atoms with E-state index in [2.05, 4.69) is 25.6 Å². The van der Waals surface area contributed by atoms with Gasteiger partial charge in [0.05, 0.1) is 12.7 Å². The number of imidazole rings is 1. The molecule has 2 rings (SSSR count). The van der Waals surface area contributed by atoms with Crippen molar-refractivity contribution in [2.24, 2.45) is 0 Å². The summed E-state index contributed by atoms with van der Waals surface area (Å²) in [6.45, 7) is 1.95. The zero-order valence-electron chi connectivity index (χ0n) is 7.88. The first-order valence-electron chi connectivity index (χ1n) is 4.16. The van der Waals surface area contributed by atoms with Gasteiger partial charge in [-0.1, -0.05) is 5.21 Å². The molecule has 8 heteroatoms. The molecule has 2 aromatic rings. The second-order valence-corrected chi connectivity index (χ2v) is 2.91. The van der Waals surface area contributed by atoms with E-state index in [-0.39, 0.29) is 12.2 Å². The lowest BCUT2D eigenvalue weighted by Crippen LogP contribution is -2.11. The van der Waals surface area contributed by atoms with E-state index >= 15 is 0 Å². The normalized spacial score (nSPS) is 10.5. The van der Waals surface area contributed by atoms with Gasteiger partial charge in [0.1, 0.15) is 11.5 Å². The van der Waals surface area contributed by atoms with Gasteiger partial charge < -0.3 is 9.67 Å². The number of hydrogen-bond acceptors (Lipinski definition) is 5. The largest absolute Gasteiger partial charge is 0.477 e. The maximum absolute atomic E-state index is 10.8. The third kappa shape index (κ3) is 1.68. The van der Waals surface area contributed by atoms with E-state index in [4.69, 9.17) is 5.11 Å². The summed E-state index contributed by atoms with van der Waals surface area (Å²) in [5.74, 6) is -0.0186. The van der Waals surface area contributed by atoms with Gasteiger partial charge in [-0.15, -0.1) is 10.2 Å². The summed E-state index contributed by atoms with van der Waals surface area (Å²) in [6, 6.07) is 0. The van der Waals surface area contributed by atoms with Gasteiger partial charge in [0.15, 0.2) is 5.82 Å². The highest BCUT2D eigenvalue weighted by molar-refractivity contribution is 5.85. The van der Waals surface area contributed by atoms with Crippen LogP contribution in [0.25, 0.3) is 0 Å². The fraction of sp³-hybridized carbons (Fsp3) is 0.286. The first-order valence-corrected chi connectivity index (χ1v) is 4.16. The maximum atomic E-state index is 10.8. The van der Waals surface area contributed by atoms with Crippen LogP contribution < -0.4 is 0 Å². The number of carboxylic acids is 1. The van der Waals surface area contributed by atoms with Gasteiger partial charge in [-0.05, 0) is 6.92 Å². The number of aryl methyl sites for hydroxylation is 1. The zero-order chi connectivity index (χ0) is 10.8. The minimum atomic E-state index is -1.03. The number of tetrazole rings is 1. The summed E-state index contributed by atoms with van der Waals surface area (Å²) in [5, 5.41) is 22.1. The molecular formula is C7H8N6O2. The molecule has 0 bridgehead atoms. The van der Waals surface area contributed by atoms with Crippen LogP contribution >= 0.6 is 0 Å². The van der Waals surface area contributed by atoms with E-state index in [1.165, 1.54) is 10.8 Å². The monoisotopic (exact) mass is 208 g/mol. The summed E-state index contributed by atoms with van der Waals surface area (Å²) < 4.78 is 1.51. The van der Waals surface area contributed by atoms with E-state index in [0.29, 0.717) is 11.6 Å². The Morgan fingerprint density at radius 3 is 3.07 bits per heavy atom. The number of aromatic amines is 1. The fourth-order valence-electron chi connectivity index (χ4n) is 1.23. The summed E-state index contributed by atoms with van der Waals surface area (Å²) >= 11 is 0. The van der Waals surface area contributed by atoms with Gasteiger partial charge in [0, 0.05) is 0 Å². The van der Waals surface area contributed by atoms with E-state index in [1.54, 1.807) is 6.92 Å². The van der Waals surface area contributed by atoms with Gasteiger partial charge in [-0.25, -0.2) is 9.78 Å². The average molecular weight is 208 g/mol. The van der Waals surface area contributed by atoms with Crippen LogP contribution in [0.2, 0.25) is 0 Å². The second kappa shape index (κ2) is 3.48. The summed E-state index contributed by atoms with van der Waals surface area (Å²) in [4.78, 5) is 14.8. The molecule has 0 saturated heterocycles. The molecule has 2 heterocycles. The zero-order valence-corrected chi connectivity index (χ0v) is 7.88. The predicted molar refractivity (Wildman–Crippen MR) is 47.2 cm³/mol. The van der Waals surface area contributed by atoms with E-state index in [9.17, 15) is 4.79 Å². The number of rotatable bonds is 3. The number of H-pyrrole nitrogens is 1. The Bertz CT molecular complexity index is 474. The van der Waals surface area contributed by atoms with Crippen LogP contribution in [-0.2, 0) is 6.54 Å². The van der Waals surface area contributed by atoms with Gasteiger partial charge in [0.25, 0.3) is 0 Å². The van der Waals surface area contributed by atoms with Crippen LogP contribution in [0.5, 0.6) is 0 Å². The van der Waals surface area contributed by atoms with Crippen molar-refractivity contribution in [1.82, 2.24) is 30.2 Å². The van der Waals surface area contributed by atoms with Crippen molar-refractivity contribution in [2.45, 2.75) is 13.5 Å². The highest BCUT2D eigenvalue weighted by atomic mass is 16.4. The van der Waals surface area contributed by atoms with Crippen molar-refractivity contribution in [3.05, 3.63) is 23.5 Å². The molecule has 2 aromatic heterocycles. The third-order valence-corrected chi connectivity index (χ3v) is 1.96. The number of hydrogen-bond donors (Lipinski definition) is 2. The Morgan fingerprint density at radius 2 is 2.47 bits per heavy atom. The molecule has 0 saturated carbocycles. The molecule has 0 aliphatic heterocycles. The quantitative estimate of drug-likeness (QED) is 0.700. The van der Waals surface area contributed by atoms with Gasteiger partial charge >= 0.3 is 5.97 Å². The number of nitrogens with zero attached hydrogens (tertiary/aromatic N) is 5. The predicted octanol–water partition coefficient (Wildman–Crippen LogP) is -0.549. The standard InChI is InChI=1S/C7H8N6O2/c1-4-8-2-5(7(14)15)13(4)3-6-9-11-12-10-6/h2H,3H2,1H3,(H,14,15)(H,9,10,11,12). The molecule has 0 aliphatic carbocycles. The number of carbonyl (C=O) groups is 1. The lowest BCUT2D eigenvalue weighted by atomic mass is 10.4.